The van der Waals surface area contributed by atoms with Gasteiger partial charge in [-0.2, -0.15) is 0 Å². The normalized spacial score (nSPS) is 12.6. The van der Waals surface area contributed by atoms with Crippen LogP contribution in [0.1, 0.15) is 0 Å². The average molecular weight is 323 g/mol. The third-order valence-corrected chi connectivity index (χ3v) is 6.99. The van der Waals surface area contributed by atoms with E-state index in [0.29, 0.717) is 0 Å². The predicted molar refractivity (Wildman–Crippen MR) is 79.3 cm³/mol. The van der Waals surface area contributed by atoms with Gasteiger partial charge in [-0.25, -0.2) is 0 Å². The van der Waals surface area contributed by atoms with Crippen molar-refractivity contribution in [2.24, 2.45) is 0 Å². The molecule has 0 aromatic carbocycles. The topological polar surface area (TPSA) is 19.7 Å². The summed E-state index contributed by atoms with van der Waals surface area (Å²) < 4.78 is 9.12. The van der Waals surface area contributed by atoms with Crippen molar-refractivity contribution in [3.8, 4) is 0 Å². The molecule has 4 aromatic heterocycles. The fraction of sp³-hybridized carbons (Fsp3) is 0. The van der Waals surface area contributed by atoms with Crippen LogP contribution in [0.15, 0.2) is 98.1 Å². The molecule has 0 unspecified atom stereocenters. The SMILES string of the molecule is c1cc[n]([Ni]([n]2cccc2)([n]2cccc2)[n]2cccc2)c1. The molecule has 0 atom stereocenters. The molecule has 0 amide bonds. The zero-order valence-corrected chi connectivity index (χ0v) is 12.3. The molecule has 5 heteroatoms. The van der Waals surface area contributed by atoms with E-state index in [1.807, 2.05) is 0 Å². The summed E-state index contributed by atoms with van der Waals surface area (Å²) in [5, 5.41) is 0. The molecule has 0 fully saturated rings. The first-order chi connectivity index (χ1) is 10.4. The summed E-state index contributed by atoms with van der Waals surface area (Å²) in [5.74, 6) is 0. The van der Waals surface area contributed by atoms with E-state index in [9.17, 15) is 0 Å². The van der Waals surface area contributed by atoms with E-state index in [1.165, 1.54) is 0 Å². The van der Waals surface area contributed by atoms with E-state index in [0.717, 1.165) is 0 Å². The average Bonchev–Trinajstić information content (AvgIpc) is 3.32. The van der Waals surface area contributed by atoms with Crippen LogP contribution < -0.4 is 0 Å². The van der Waals surface area contributed by atoms with E-state index in [2.05, 4.69) is 113 Å². The van der Waals surface area contributed by atoms with Gasteiger partial charge in [0.2, 0.25) is 0 Å². The molecule has 21 heavy (non-hydrogen) atoms. The maximum absolute atomic E-state index is 2.28. The minimum absolute atomic E-state index is 1.81. The van der Waals surface area contributed by atoms with Gasteiger partial charge in [-0.3, -0.25) is 0 Å². The van der Waals surface area contributed by atoms with Crippen molar-refractivity contribution in [1.29, 1.82) is 0 Å². The summed E-state index contributed by atoms with van der Waals surface area (Å²) in [7, 11) is 0. The van der Waals surface area contributed by atoms with Gasteiger partial charge in [-0.05, 0) is 0 Å². The Balaban J connectivity index is 2.10. The molecule has 0 bridgehead atoms. The molecule has 0 aliphatic heterocycles. The van der Waals surface area contributed by atoms with Crippen LogP contribution in [0.25, 0.3) is 0 Å². The van der Waals surface area contributed by atoms with E-state index in [4.69, 9.17) is 0 Å². The van der Waals surface area contributed by atoms with Crippen molar-refractivity contribution in [2.75, 3.05) is 0 Å². The van der Waals surface area contributed by atoms with Crippen LogP contribution in [0.4, 0.5) is 0 Å². The summed E-state index contributed by atoms with van der Waals surface area (Å²) in [6.07, 6.45) is 17.0. The second kappa shape index (κ2) is 4.86. The quantitative estimate of drug-likeness (QED) is 0.514. The minimum atomic E-state index is -1.81. The fourth-order valence-corrected chi connectivity index (χ4v) is 6.06. The number of rotatable bonds is 4. The summed E-state index contributed by atoms with van der Waals surface area (Å²) in [6.45, 7) is 0. The molecule has 0 aliphatic rings. The Morgan fingerprint density at radius 2 is 0.524 bits per heavy atom. The van der Waals surface area contributed by atoms with E-state index in [-0.39, 0.29) is 0 Å². The van der Waals surface area contributed by atoms with Crippen LogP contribution >= 0.6 is 0 Å². The molecule has 0 saturated carbocycles. The number of hydrogen-bond donors (Lipinski definition) is 0. The van der Waals surface area contributed by atoms with Crippen LogP contribution in [-0.4, -0.2) is 14.6 Å². The number of hydrogen-bond acceptors (Lipinski definition) is 0. The Hall–Kier alpha value is -2.39. The molecule has 0 aliphatic carbocycles. The number of nitrogens with zero attached hydrogens (tertiary/aromatic N) is 4. The Kier molecular flexibility index (Phi) is 2.86. The molecule has 4 rings (SSSR count). The first-order valence-electron chi connectivity index (χ1n) is 6.63. The summed E-state index contributed by atoms with van der Waals surface area (Å²) in [4.78, 5) is 0. The van der Waals surface area contributed by atoms with E-state index >= 15 is 0 Å². The monoisotopic (exact) mass is 322 g/mol. The van der Waals surface area contributed by atoms with Crippen LogP contribution in [0.3, 0.4) is 0 Å². The zero-order valence-electron chi connectivity index (χ0n) is 11.3. The summed E-state index contributed by atoms with van der Waals surface area (Å²) >= 11 is -1.81. The van der Waals surface area contributed by atoms with Crippen LogP contribution in [0.2, 0.25) is 0 Å². The van der Waals surface area contributed by atoms with Crippen LogP contribution in [0.5, 0.6) is 0 Å². The first kappa shape index (κ1) is 12.4. The molecular formula is C16H16N4Ni. The van der Waals surface area contributed by atoms with Crippen LogP contribution in [0, 0.1) is 0 Å². The van der Waals surface area contributed by atoms with Gasteiger partial charge >= 0.3 is 126 Å². The summed E-state index contributed by atoms with van der Waals surface area (Å²) in [6, 6.07) is 16.6. The number of aromatic nitrogens is 4. The molecule has 110 valence electrons. The van der Waals surface area contributed by atoms with E-state index < -0.39 is 13.2 Å². The van der Waals surface area contributed by atoms with Crippen molar-refractivity contribution in [3.05, 3.63) is 98.1 Å². The van der Waals surface area contributed by atoms with Gasteiger partial charge in [0, 0.05) is 0 Å². The standard InChI is InChI=1S/4C4H4N.Ni/c4*1-2-4-5-3-1;/h4*1-4H;/q4*-1;+4. The van der Waals surface area contributed by atoms with Crippen molar-refractivity contribution < 1.29 is 13.2 Å². The van der Waals surface area contributed by atoms with E-state index in [1.54, 1.807) is 0 Å². The Morgan fingerprint density at radius 3 is 0.714 bits per heavy atom. The first-order valence-corrected chi connectivity index (χ1v) is 8.40. The van der Waals surface area contributed by atoms with Gasteiger partial charge in [0.05, 0.1) is 0 Å². The van der Waals surface area contributed by atoms with Gasteiger partial charge in [0.15, 0.2) is 0 Å². The summed E-state index contributed by atoms with van der Waals surface area (Å²) in [5.41, 5.74) is 0. The Labute approximate surface area is 126 Å². The second-order valence-corrected chi connectivity index (χ2v) is 7.59. The second-order valence-electron chi connectivity index (χ2n) is 4.36. The Morgan fingerprint density at radius 1 is 0.333 bits per heavy atom. The maximum atomic E-state index is 2.28. The van der Waals surface area contributed by atoms with Gasteiger partial charge < -0.3 is 0 Å². The molecule has 4 aromatic rings. The van der Waals surface area contributed by atoms with Crippen molar-refractivity contribution >= 4 is 0 Å². The molecule has 0 N–H and O–H groups in total. The van der Waals surface area contributed by atoms with Crippen molar-refractivity contribution in [2.45, 2.75) is 0 Å². The predicted octanol–water partition coefficient (Wildman–Crippen LogP) is 3.20. The fourth-order valence-electron chi connectivity index (χ4n) is 2.22. The molecule has 4 nitrogen and oxygen atoms in total. The van der Waals surface area contributed by atoms with Gasteiger partial charge in [0.25, 0.3) is 0 Å². The van der Waals surface area contributed by atoms with Gasteiger partial charge in [-0.15, -0.1) is 0 Å². The molecule has 0 spiro atoms. The molecule has 0 saturated heterocycles. The van der Waals surface area contributed by atoms with Gasteiger partial charge in [0.1, 0.15) is 0 Å². The third-order valence-electron chi connectivity index (χ3n) is 3.07. The van der Waals surface area contributed by atoms with Crippen molar-refractivity contribution in [1.82, 2.24) is 14.6 Å². The van der Waals surface area contributed by atoms with Crippen LogP contribution in [-0.2, 0) is 13.2 Å². The molecule has 4 heterocycles. The zero-order chi connectivity index (χ0) is 14.1. The molecule has 0 radical (unpaired) electrons. The molecular weight excluding hydrogens is 307 g/mol. The Bertz CT molecular complexity index is 638. The van der Waals surface area contributed by atoms with Crippen molar-refractivity contribution in [3.63, 3.8) is 0 Å². The third kappa shape index (κ3) is 1.74. The van der Waals surface area contributed by atoms with Gasteiger partial charge in [-0.1, -0.05) is 0 Å².